The van der Waals surface area contributed by atoms with Crippen molar-refractivity contribution < 1.29 is 0 Å². The predicted molar refractivity (Wildman–Crippen MR) is 73.8 cm³/mol. The first-order valence-electron chi connectivity index (χ1n) is 7.38. The van der Waals surface area contributed by atoms with Crippen molar-refractivity contribution in [3.63, 3.8) is 0 Å². The van der Waals surface area contributed by atoms with Gasteiger partial charge in [-0.2, -0.15) is 0 Å². The summed E-state index contributed by atoms with van der Waals surface area (Å²) >= 11 is 0. The molecule has 0 atom stereocenters. The monoisotopic (exact) mass is 245 g/mol. The van der Waals surface area contributed by atoms with Crippen LogP contribution in [0.1, 0.15) is 63.1 Å². The molecule has 98 valence electrons. The second kappa shape index (κ2) is 4.87. The van der Waals surface area contributed by atoms with E-state index in [1.165, 1.54) is 56.2 Å². The highest BCUT2D eigenvalue weighted by molar-refractivity contribution is 5.48. The molecule has 1 fully saturated rings. The lowest BCUT2D eigenvalue weighted by molar-refractivity contribution is 0.529. The molecule has 1 aromatic heterocycles. The lowest BCUT2D eigenvalue weighted by atomic mass is 9.99. The maximum Gasteiger partial charge on any atom is 0.133 e. The van der Waals surface area contributed by atoms with Crippen LogP contribution in [0.15, 0.2) is 6.33 Å². The van der Waals surface area contributed by atoms with E-state index in [9.17, 15) is 0 Å². The maximum absolute atomic E-state index is 4.52. The van der Waals surface area contributed by atoms with Crippen LogP contribution in [-0.2, 0) is 12.8 Å². The Morgan fingerprint density at radius 2 is 1.78 bits per heavy atom. The Hall–Kier alpha value is -1.12. The lowest BCUT2D eigenvalue weighted by Gasteiger charge is -2.27. The minimum absolute atomic E-state index is 0.258. The second-order valence-corrected chi connectivity index (χ2v) is 6.10. The minimum Gasteiger partial charge on any atom is -0.365 e. The highest BCUT2D eigenvalue weighted by Gasteiger charge is 2.29. The fourth-order valence-electron chi connectivity index (χ4n) is 3.37. The van der Waals surface area contributed by atoms with Gasteiger partial charge < -0.3 is 5.32 Å². The first-order valence-corrected chi connectivity index (χ1v) is 7.38. The summed E-state index contributed by atoms with van der Waals surface area (Å²) in [5, 5.41) is 3.72. The summed E-state index contributed by atoms with van der Waals surface area (Å²) in [5.74, 6) is 1.12. The van der Waals surface area contributed by atoms with Gasteiger partial charge in [0.15, 0.2) is 0 Å². The van der Waals surface area contributed by atoms with E-state index in [2.05, 4.69) is 22.2 Å². The van der Waals surface area contributed by atoms with Crippen LogP contribution in [0.5, 0.6) is 0 Å². The number of anilines is 1. The normalized spacial score (nSPS) is 22.3. The Kier molecular flexibility index (Phi) is 3.23. The summed E-state index contributed by atoms with van der Waals surface area (Å²) in [4.78, 5) is 9.01. The molecule has 2 aliphatic carbocycles. The van der Waals surface area contributed by atoms with Gasteiger partial charge in [0.1, 0.15) is 12.1 Å². The molecule has 1 N–H and O–H groups in total. The van der Waals surface area contributed by atoms with E-state index in [4.69, 9.17) is 0 Å². The van der Waals surface area contributed by atoms with Crippen molar-refractivity contribution >= 4 is 5.82 Å². The van der Waals surface area contributed by atoms with Crippen LogP contribution in [0, 0.1) is 0 Å². The molecule has 0 radical (unpaired) electrons. The number of nitrogens with one attached hydrogen (secondary N) is 1. The number of aryl methyl sites for hydroxylation is 1. The summed E-state index contributed by atoms with van der Waals surface area (Å²) in [7, 11) is 0. The SMILES string of the molecule is CC1(Nc2ncnc3c2CCCCC3)CCCC1. The molecule has 0 bridgehead atoms. The Morgan fingerprint density at radius 3 is 2.61 bits per heavy atom. The van der Waals surface area contributed by atoms with Crippen LogP contribution < -0.4 is 5.32 Å². The number of rotatable bonds is 2. The molecule has 18 heavy (non-hydrogen) atoms. The molecule has 1 aromatic rings. The Labute approximate surface area is 109 Å². The first-order chi connectivity index (χ1) is 8.77. The molecular weight excluding hydrogens is 222 g/mol. The predicted octanol–water partition coefficient (Wildman–Crippen LogP) is 3.49. The van der Waals surface area contributed by atoms with Gasteiger partial charge >= 0.3 is 0 Å². The highest BCUT2D eigenvalue weighted by atomic mass is 15.1. The van der Waals surface area contributed by atoms with Gasteiger partial charge in [0, 0.05) is 16.8 Å². The van der Waals surface area contributed by atoms with Crippen molar-refractivity contribution in [3.05, 3.63) is 17.6 Å². The van der Waals surface area contributed by atoms with Crippen molar-refractivity contribution in [3.8, 4) is 0 Å². The Balaban J connectivity index is 1.87. The topological polar surface area (TPSA) is 37.8 Å². The molecule has 0 amide bonds. The molecule has 0 saturated heterocycles. The van der Waals surface area contributed by atoms with Gasteiger partial charge in [0.05, 0.1) is 0 Å². The Bertz CT molecular complexity index is 422. The molecule has 1 saturated carbocycles. The molecule has 0 aromatic carbocycles. The van der Waals surface area contributed by atoms with Crippen molar-refractivity contribution in [2.45, 2.75) is 70.3 Å². The van der Waals surface area contributed by atoms with Crippen molar-refractivity contribution in [2.75, 3.05) is 5.32 Å². The van der Waals surface area contributed by atoms with Gasteiger partial charge in [-0.1, -0.05) is 19.3 Å². The quantitative estimate of drug-likeness (QED) is 0.810. The van der Waals surface area contributed by atoms with E-state index in [1.54, 1.807) is 6.33 Å². The number of hydrogen-bond donors (Lipinski definition) is 1. The van der Waals surface area contributed by atoms with Crippen LogP contribution >= 0.6 is 0 Å². The fraction of sp³-hybridized carbons (Fsp3) is 0.733. The fourth-order valence-corrected chi connectivity index (χ4v) is 3.37. The molecular formula is C15H23N3. The minimum atomic E-state index is 0.258. The molecule has 2 aliphatic rings. The highest BCUT2D eigenvalue weighted by Crippen LogP contribution is 2.34. The molecule has 3 nitrogen and oxygen atoms in total. The van der Waals surface area contributed by atoms with Crippen LogP contribution in [0.25, 0.3) is 0 Å². The summed E-state index contributed by atoms with van der Waals surface area (Å²) in [5.41, 5.74) is 2.93. The Morgan fingerprint density at radius 1 is 1.00 bits per heavy atom. The van der Waals surface area contributed by atoms with E-state index < -0.39 is 0 Å². The molecule has 0 spiro atoms. The number of nitrogens with zero attached hydrogens (tertiary/aromatic N) is 2. The second-order valence-electron chi connectivity index (χ2n) is 6.10. The average Bonchev–Trinajstić information content (AvgIpc) is 2.65. The zero-order valence-corrected chi connectivity index (χ0v) is 11.3. The summed E-state index contributed by atoms with van der Waals surface area (Å²) < 4.78 is 0. The molecule has 3 heteroatoms. The number of fused-ring (bicyclic) bond motifs is 1. The molecule has 3 rings (SSSR count). The van der Waals surface area contributed by atoms with Gasteiger partial charge in [-0.05, 0) is 45.4 Å². The number of aromatic nitrogens is 2. The third-order valence-electron chi connectivity index (χ3n) is 4.50. The van der Waals surface area contributed by atoms with Crippen molar-refractivity contribution in [2.24, 2.45) is 0 Å². The maximum atomic E-state index is 4.52. The van der Waals surface area contributed by atoms with E-state index in [0.29, 0.717) is 0 Å². The van der Waals surface area contributed by atoms with E-state index in [1.807, 2.05) is 0 Å². The molecule has 0 aliphatic heterocycles. The van der Waals surface area contributed by atoms with Crippen LogP contribution in [0.3, 0.4) is 0 Å². The summed E-state index contributed by atoms with van der Waals surface area (Å²) in [6.07, 6.45) is 13.1. The van der Waals surface area contributed by atoms with Gasteiger partial charge in [0.25, 0.3) is 0 Å². The summed E-state index contributed by atoms with van der Waals surface area (Å²) in [6, 6.07) is 0. The number of hydrogen-bond acceptors (Lipinski definition) is 3. The van der Waals surface area contributed by atoms with Crippen LogP contribution in [0.2, 0.25) is 0 Å². The first kappa shape index (κ1) is 11.9. The third kappa shape index (κ3) is 2.36. The van der Waals surface area contributed by atoms with E-state index in [-0.39, 0.29) is 5.54 Å². The van der Waals surface area contributed by atoms with E-state index in [0.717, 1.165) is 18.7 Å². The van der Waals surface area contributed by atoms with Gasteiger partial charge in [-0.25, -0.2) is 9.97 Å². The van der Waals surface area contributed by atoms with Crippen LogP contribution in [0.4, 0.5) is 5.82 Å². The van der Waals surface area contributed by atoms with E-state index >= 15 is 0 Å². The largest absolute Gasteiger partial charge is 0.365 e. The molecule has 1 heterocycles. The zero-order chi connectivity index (χ0) is 12.4. The smallest absolute Gasteiger partial charge is 0.133 e. The van der Waals surface area contributed by atoms with Crippen molar-refractivity contribution in [1.29, 1.82) is 0 Å². The van der Waals surface area contributed by atoms with Gasteiger partial charge in [0.2, 0.25) is 0 Å². The average molecular weight is 245 g/mol. The standard InChI is InChI=1S/C15H23N3/c1-15(9-5-6-10-15)18-14-12-7-3-2-4-8-13(12)16-11-17-14/h11H,2-10H2,1H3,(H,16,17,18). The van der Waals surface area contributed by atoms with Gasteiger partial charge in [-0.3, -0.25) is 0 Å². The molecule has 0 unspecified atom stereocenters. The zero-order valence-electron chi connectivity index (χ0n) is 11.3. The third-order valence-corrected chi connectivity index (χ3v) is 4.50. The van der Waals surface area contributed by atoms with Crippen molar-refractivity contribution in [1.82, 2.24) is 9.97 Å². The van der Waals surface area contributed by atoms with Crippen LogP contribution in [-0.4, -0.2) is 15.5 Å². The van der Waals surface area contributed by atoms with Gasteiger partial charge in [-0.15, -0.1) is 0 Å². The lowest BCUT2D eigenvalue weighted by Crippen LogP contribution is -2.32. The summed E-state index contributed by atoms with van der Waals surface area (Å²) in [6.45, 7) is 2.34.